The SMILES string of the molecule is Cc1cc(NC(=O)COC(=O)CNC(=O)c2ccc(C(C)(C)C)cc2)c([N+](=O)[O-])cc1C. The lowest BCUT2D eigenvalue weighted by Crippen LogP contribution is -2.32. The number of nitrogens with zero attached hydrogens (tertiary/aromatic N) is 1. The van der Waals surface area contributed by atoms with E-state index in [2.05, 4.69) is 31.4 Å². The molecule has 0 spiro atoms. The van der Waals surface area contributed by atoms with Gasteiger partial charge in [-0.25, -0.2) is 0 Å². The van der Waals surface area contributed by atoms with Crippen LogP contribution in [0.15, 0.2) is 36.4 Å². The van der Waals surface area contributed by atoms with Crippen molar-refractivity contribution in [3.63, 3.8) is 0 Å². The Hall–Kier alpha value is -3.75. The van der Waals surface area contributed by atoms with Gasteiger partial charge in [0.1, 0.15) is 12.2 Å². The summed E-state index contributed by atoms with van der Waals surface area (Å²) in [6.45, 7) is 8.61. The van der Waals surface area contributed by atoms with Gasteiger partial charge in [0.25, 0.3) is 17.5 Å². The van der Waals surface area contributed by atoms with Crippen molar-refractivity contribution in [2.45, 2.75) is 40.0 Å². The first-order valence-corrected chi connectivity index (χ1v) is 9.98. The van der Waals surface area contributed by atoms with Gasteiger partial charge in [0.05, 0.1) is 4.92 Å². The molecule has 2 N–H and O–H groups in total. The van der Waals surface area contributed by atoms with Gasteiger partial charge in [-0.3, -0.25) is 24.5 Å². The van der Waals surface area contributed by atoms with Crippen molar-refractivity contribution in [1.29, 1.82) is 0 Å². The number of nitro benzene ring substituents is 1. The van der Waals surface area contributed by atoms with Crippen molar-refractivity contribution in [3.8, 4) is 0 Å². The standard InChI is InChI=1S/C23H27N3O6/c1-14-10-18(19(26(30)31)11-15(14)2)25-20(27)13-32-21(28)12-24-22(29)16-6-8-17(9-7-16)23(3,4)5/h6-11H,12-13H2,1-5H3,(H,24,29)(H,25,27). The third-order valence-corrected chi connectivity index (χ3v) is 4.85. The fourth-order valence-corrected chi connectivity index (χ4v) is 2.81. The van der Waals surface area contributed by atoms with Crippen molar-refractivity contribution in [3.05, 3.63) is 68.8 Å². The minimum Gasteiger partial charge on any atom is -0.454 e. The smallest absolute Gasteiger partial charge is 0.325 e. The summed E-state index contributed by atoms with van der Waals surface area (Å²) in [5, 5.41) is 16.0. The van der Waals surface area contributed by atoms with E-state index in [0.717, 1.165) is 11.1 Å². The Balaban J connectivity index is 1.86. The van der Waals surface area contributed by atoms with Crippen LogP contribution in [0.4, 0.5) is 11.4 Å². The molecule has 9 heteroatoms. The third kappa shape index (κ3) is 6.63. The fourth-order valence-electron chi connectivity index (χ4n) is 2.81. The zero-order valence-corrected chi connectivity index (χ0v) is 18.8. The number of nitrogens with one attached hydrogen (secondary N) is 2. The highest BCUT2D eigenvalue weighted by molar-refractivity contribution is 5.97. The van der Waals surface area contributed by atoms with E-state index in [4.69, 9.17) is 4.74 Å². The second-order valence-corrected chi connectivity index (χ2v) is 8.43. The van der Waals surface area contributed by atoms with Gasteiger partial charge >= 0.3 is 5.97 Å². The van der Waals surface area contributed by atoms with Crippen LogP contribution in [0.5, 0.6) is 0 Å². The van der Waals surface area contributed by atoms with E-state index < -0.39 is 35.9 Å². The number of carbonyl (C=O) groups excluding carboxylic acids is 3. The van der Waals surface area contributed by atoms with Crippen molar-refractivity contribution in [2.24, 2.45) is 0 Å². The summed E-state index contributed by atoms with van der Waals surface area (Å²) in [5.74, 6) is -1.99. The van der Waals surface area contributed by atoms with Crippen molar-refractivity contribution < 1.29 is 24.0 Å². The lowest BCUT2D eigenvalue weighted by atomic mass is 9.87. The Morgan fingerprint density at radius 2 is 1.62 bits per heavy atom. The number of hydrogen-bond acceptors (Lipinski definition) is 6. The lowest BCUT2D eigenvalue weighted by molar-refractivity contribution is -0.384. The number of amides is 2. The number of ether oxygens (including phenoxy) is 1. The molecule has 0 aliphatic carbocycles. The van der Waals surface area contributed by atoms with Crippen LogP contribution in [0.3, 0.4) is 0 Å². The maximum absolute atomic E-state index is 12.2. The normalized spacial score (nSPS) is 10.9. The first-order chi connectivity index (χ1) is 14.9. The van der Waals surface area contributed by atoms with Crippen LogP contribution in [0.1, 0.15) is 47.8 Å². The molecule has 170 valence electrons. The summed E-state index contributed by atoms with van der Waals surface area (Å²) < 4.78 is 4.84. The second-order valence-electron chi connectivity index (χ2n) is 8.43. The number of esters is 1. The Morgan fingerprint density at radius 1 is 1.03 bits per heavy atom. The summed E-state index contributed by atoms with van der Waals surface area (Å²) in [6, 6.07) is 9.89. The fraction of sp³-hybridized carbons (Fsp3) is 0.348. The van der Waals surface area contributed by atoms with E-state index in [1.165, 1.54) is 12.1 Å². The number of rotatable bonds is 7. The van der Waals surface area contributed by atoms with Crippen molar-refractivity contribution in [2.75, 3.05) is 18.5 Å². The van der Waals surface area contributed by atoms with Gasteiger partial charge in [0, 0.05) is 11.6 Å². The Kier molecular flexibility index (Phi) is 7.69. The molecule has 0 aromatic heterocycles. The molecular weight excluding hydrogens is 414 g/mol. The molecular formula is C23H27N3O6. The average molecular weight is 441 g/mol. The van der Waals surface area contributed by atoms with Gasteiger partial charge < -0.3 is 15.4 Å². The second kappa shape index (κ2) is 10.0. The van der Waals surface area contributed by atoms with Crippen LogP contribution >= 0.6 is 0 Å². The molecule has 9 nitrogen and oxygen atoms in total. The van der Waals surface area contributed by atoms with Gasteiger partial charge in [0.15, 0.2) is 6.61 Å². The molecule has 0 radical (unpaired) electrons. The Labute approximate surface area is 186 Å². The number of benzene rings is 2. The van der Waals surface area contributed by atoms with Crippen LogP contribution in [0.2, 0.25) is 0 Å². The summed E-state index contributed by atoms with van der Waals surface area (Å²) in [6.07, 6.45) is 0. The quantitative estimate of drug-likeness (QED) is 0.385. The van der Waals surface area contributed by atoms with Gasteiger partial charge in [-0.1, -0.05) is 32.9 Å². The molecule has 32 heavy (non-hydrogen) atoms. The molecule has 2 aromatic rings. The molecule has 0 bridgehead atoms. The summed E-state index contributed by atoms with van der Waals surface area (Å²) in [4.78, 5) is 46.7. The monoisotopic (exact) mass is 441 g/mol. The number of aryl methyl sites for hydroxylation is 2. The molecule has 0 atom stereocenters. The maximum atomic E-state index is 12.2. The van der Waals surface area contributed by atoms with Crippen LogP contribution in [0.25, 0.3) is 0 Å². The van der Waals surface area contributed by atoms with E-state index in [-0.39, 0.29) is 16.8 Å². The highest BCUT2D eigenvalue weighted by Crippen LogP contribution is 2.27. The number of hydrogen-bond donors (Lipinski definition) is 2. The third-order valence-electron chi connectivity index (χ3n) is 4.85. The molecule has 0 heterocycles. The molecule has 0 saturated heterocycles. The first kappa shape index (κ1) is 24.5. The van der Waals surface area contributed by atoms with Gasteiger partial charge in [0.2, 0.25) is 0 Å². The van der Waals surface area contributed by atoms with E-state index in [9.17, 15) is 24.5 Å². The first-order valence-electron chi connectivity index (χ1n) is 9.98. The van der Waals surface area contributed by atoms with E-state index in [1.807, 2.05) is 12.1 Å². The molecule has 0 fully saturated rings. The molecule has 0 aliphatic heterocycles. The van der Waals surface area contributed by atoms with Crippen LogP contribution < -0.4 is 10.6 Å². The predicted octanol–water partition coefficient (Wildman–Crippen LogP) is 3.42. The van der Waals surface area contributed by atoms with Gasteiger partial charge in [-0.2, -0.15) is 0 Å². The molecule has 2 rings (SSSR count). The van der Waals surface area contributed by atoms with Gasteiger partial charge in [-0.15, -0.1) is 0 Å². The predicted molar refractivity (Wildman–Crippen MR) is 120 cm³/mol. The molecule has 0 saturated carbocycles. The van der Waals surface area contributed by atoms with Crippen LogP contribution in [-0.2, 0) is 19.7 Å². The maximum Gasteiger partial charge on any atom is 0.325 e. The summed E-state index contributed by atoms with van der Waals surface area (Å²) >= 11 is 0. The largest absolute Gasteiger partial charge is 0.454 e. The molecule has 0 aliphatic rings. The zero-order chi connectivity index (χ0) is 24.1. The van der Waals surface area contributed by atoms with E-state index in [0.29, 0.717) is 11.1 Å². The Morgan fingerprint density at radius 3 is 2.19 bits per heavy atom. The number of nitro groups is 1. The van der Waals surface area contributed by atoms with Crippen molar-refractivity contribution in [1.82, 2.24) is 5.32 Å². The topological polar surface area (TPSA) is 128 Å². The summed E-state index contributed by atoms with van der Waals surface area (Å²) in [5.41, 5.74) is 2.67. The lowest BCUT2D eigenvalue weighted by Gasteiger charge is -2.19. The zero-order valence-electron chi connectivity index (χ0n) is 18.8. The highest BCUT2D eigenvalue weighted by atomic mass is 16.6. The molecule has 2 amide bonds. The Bertz CT molecular complexity index is 1040. The van der Waals surface area contributed by atoms with Gasteiger partial charge in [-0.05, 0) is 54.2 Å². The minimum absolute atomic E-state index is 0.0196. The number of anilines is 1. The van der Waals surface area contributed by atoms with Crippen molar-refractivity contribution >= 4 is 29.2 Å². The molecule has 2 aromatic carbocycles. The average Bonchev–Trinajstić information content (AvgIpc) is 2.72. The summed E-state index contributed by atoms with van der Waals surface area (Å²) in [7, 11) is 0. The minimum atomic E-state index is -0.811. The highest BCUT2D eigenvalue weighted by Gasteiger charge is 2.19. The van der Waals surface area contributed by atoms with Crippen LogP contribution in [-0.4, -0.2) is 35.9 Å². The van der Waals surface area contributed by atoms with E-state index >= 15 is 0 Å². The van der Waals surface area contributed by atoms with E-state index in [1.54, 1.807) is 26.0 Å². The molecule has 0 unspecified atom stereocenters. The van der Waals surface area contributed by atoms with Crippen LogP contribution in [0, 0.1) is 24.0 Å². The number of carbonyl (C=O) groups is 3.